The summed E-state index contributed by atoms with van der Waals surface area (Å²) in [6.07, 6.45) is 7.24. The van der Waals surface area contributed by atoms with Crippen LogP contribution in [-0.2, 0) is 0 Å². The Morgan fingerprint density at radius 2 is 1.61 bits per heavy atom. The molecular weight excluding hydrogens is 429 g/mol. The lowest BCUT2D eigenvalue weighted by Crippen LogP contribution is -2.47. The number of halogens is 3. The van der Waals surface area contributed by atoms with Gasteiger partial charge in [0, 0.05) is 31.2 Å². The molecule has 0 radical (unpaired) electrons. The Labute approximate surface area is 190 Å². The molecule has 2 fully saturated rings. The summed E-state index contributed by atoms with van der Waals surface area (Å²) in [5.41, 5.74) is 1.77. The van der Waals surface area contributed by atoms with E-state index in [1.54, 1.807) is 12.1 Å². The number of anilines is 3. The van der Waals surface area contributed by atoms with Crippen molar-refractivity contribution in [2.75, 3.05) is 23.7 Å². The minimum Gasteiger partial charge on any atom is -0.380 e. The summed E-state index contributed by atoms with van der Waals surface area (Å²) in [5.74, 6) is -1.71. The number of nitrogens with zero attached hydrogens (tertiary/aromatic N) is 4. The van der Waals surface area contributed by atoms with Crippen molar-refractivity contribution in [1.29, 1.82) is 0 Å². The lowest BCUT2D eigenvalue weighted by atomic mass is 9.89. The Bertz CT molecular complexity index is 1110. The van der Waals surface area contributed by atoms with Crippen molar-refractivity contribution in [3.8, 4) is 5.69 Å². The third-order valence-electron chi connectivity index (χ3n) is 6.55. The quantitative estimate of drug-likeness (QED) is 0.536. The van der Waals surface area contributed by atoms with E-state index in [-0.39, 0.29) is 23.4 Å². The van der Waals surface area contributed by atoms with E-state index in [1.807, 2.05) is 6.92 Å². The molecule has 5 rings (SSSR count). The molecule has 2 aliphatic rings. The molecule has 0 unspecified atom stereocenters. The standard InChI is InChI=1S/C24H27F3N6/c1-15-9-21(29-18-5-7-32(8-6-18)19-3-2-4-19)23(27)22(10-15)30-24-28-14-33(31-24)20-12-16(25)11-17(26)13-20/h9-14,18-19,29H,2-8H2,1H3,(H,30,31). The normalized spacial score (nSPS) is 17.7. The first-order chi connectivity index (χ1) is 15.9. The number of rotatable bonds is 6. The predicted molar refractivity (Wildman–Crippen MR) is 122 cm³/mol. The summed E-state index contributed by atoms with van der Waals surface area (Å²) < 4.78 is 43.5. The second kappa shape index (κ2) is 9.05. The first-order valence-corrected chi connectivity index (χ1v) is 11.4. The lowest BCUT2D eigenvalue weighted by molar-refractivity contribution is 0.101. The number of aromatic nitrogens is 3. The van der Waals surface area contributed by atoms with Gasteiger partial charge in [0.1, 0.15) is 18.0 Å². The van der Waals surface area contributed by atoms with Gasteiger partial charge in [-0.25, -0.2) is 17.9 Å². The molecule has 33 heavy (non-hydrogen) atoms. The molecule has 1 saturated heterocycles. The number of hydrogen-bond acceptors (Lipinski definition) is 5. The van der Waals surface area contributed by atoms with Crippen LogP contribution in [0.3, 0.4) is 0 Å². The minimum atomic E-state index is -0.714. The van der Waals surface area contributed by atoms with E-state index >= 15 is 4.39 Å². The fourth-order valence-corrected chi connectivity index (χ4v) is 4.58. The van der Waals surface area contributed by atoms with Crippen LogP contribution < -0.4 is 10.6 Å². The van der Waals surface area contributed by atoms with Crippen LogP contribution in [0, 0.1) is 24.4 Å². The summed E-state index contributed by atoms with van der Waals surface area (Å²) in [6.45, 7) is 3.99. The van der Waals surface area contributed by atoms with E-state index in [4.69, 9.17) is 0 Å². The van der Waals surface area contributed by atoms with Crippen LogP contribution in [0.5, 0.6) is 0 Å². The van der Waals surface area contributed by atoms with Gasteiger partial charge in [-0.1, -0.05) is 6.42 Å². The number of piperidine rings is 1. The van der Waals surface area contributed by atoms with Crippen molar-refractivity contribution in [1.82, 2.24) is 19.7 Å². The van der Waals surface area contributed by atoms with E-state index < -0.39 is 17.5 Å². The van der Waals surface area contributed by atoms with Crippen molar-refractivity contribution < 1.29 is 13.2 Å². The van der Waals surface area contributed by atoms with E-state index in [9.17, 15) is 8.78 Å². The molecule has 0 spiro atoms. The third kappa shape index (κ3) is 4.83. The Morgan fingerprint density at radius 1 is 0.909 bits per heavy atom. The maximum Gasteiger partial charge on any atom is 0.247 e. The molecule has 1 aromatic heterocycles. The molecule has 2 aromatic carbocycles. The second-order valence-electron chi connectivity index (χ2n) is 8.98. The highest BCUT2D eigenvalue weighted by molar-refractivity contribution is 5.64. The van der Waals surface area contributed by atoms with Gasteiger partial charge in [-0.2, -0.15) is 4.98 Å². The molecule has 1 saturated carbocycles. The molecule has 0 bridgehead atoms. The van der Waals surface area contributed by atoms with E-state index in [2.05, 4.69) is 25.6 Å². The summed E-state index contributed by atoms with van der Waals surface area (Å²) >= 11 is 0. The Morgan fingerprint density at radius 3 is 2.27 bits per heavy atom. The smallest absolute Gasteiger partial charge is 0.247 e. The molecule has 1 aliphatic heterocycles. The molecule has 6 nitrogen and oxygen atoms in total. The zero-order valence-electron chi connectivity index (χ0n) is 18.5. The number of nitrogens with one attached hydrogen (secondary N) is 2. The van der Waals surface area contributed by atoms with Crippen LogP contribution in [0.15, 0.2) is 36.7 Å². The van der Waals surface area contributed by atoms with Crippen LogP contribution in [-0.4, -0.2) is 44.8 Å². The fourth-order valence-electron chi connectivity index (χ4n) is 4.58. The summed E-state index contributed by atoms with van der Waals surface area (Å²) in [4.78, 5) is 6.67. The molecule has 1 aliphatic carbocycles. The van der Waals surface area contributed by atoms with E-state index in [0.717, 1.165) is 55.7 Å². The summed E-state index contributed by atoms with van der Waals surface area (Å²) in [5, 5.41) is 10.5. The highest BCUT2D eigenvalue weighted by Crippen LogP contribution is 2.31. The van der Waals surface area contributed by atoms with Crippen LogP contribution in [0.4, 0.5) is 30.5 Å². The molecule has 174 valence electrons. The SMILES string of the molecule is Cc1cc(Nc2ncn(-c3cc(F)cc(F)c3)n2)c(F)c(NC2CCN(C3CCC3)CC2)c1. The van der Waals surface area contributed by atoms with Crippen molar-refractivity contribution in [3.05, 3.63) is 59.7 Å². The van der Waals surface area contributed by atoms with Crippen LogP contribution >= 0.6 is 0 Å². The molecule has 3 aromatic rings. The average Bonchev–Trinajstić information content (AvgIpc) is 3.19. The van der Waals surface area contributed by atoms with E-state index in [1.165, 1.54) is 30.3 Å². The first-order valence-electron chi connectivity index (χ1n) is 11.4. The molecule has 2 N–H and O–H groups in total. The highest BCUT2D eigenvalue weighted by Gasteiger charge is 2.29. The van der Waals surface area contributed by atoms with Crippen molar-refractivity contribution >= 4 is 17.3 Å². The molecule has 0 atom stereocenters. The maximum absolute atomic E-state index is 15.3. The number of hydrogen-bond donors (Lipinski definition) is 2. The lowest BCUT2D eigenvalue weighted by Gasteiger charge is -2.42. The Balaban J connectivity index is 1.28. The molecule has 2 heterocycles. The first kappa shape index (κ1) is 21.8. The fraction of sp³-hybridized carbons (Fsp3) is 0.417. The van der Waals surface area contributed by atoms with Gasteiger partial charge in [-0.3, -0.25) is 0 Å². The monoisotopic (exact) mass is 456 g/mol. The third-order valence-corrected chi connectivity index (χ3v) is 6.55. The zero-order valence-corrected chi connectivity index (χ0v) is 18.5. The summed E-state index contributed by atoms with van der Waals surface area (Å²) in [7, 11) is 0. The van der Waals surface area contributed by atoms with Crippen LogP contribution in [0.2, 0.25) is 0 Å². The molecule has 9 heteroatoms. The second-order valence-corrected chi connectivity index (χ2v) is 8.98. The van der Waals surface area contributed by atoms with E-state index in [0.29, 0.717) is 5.69 Å². The summed E-state index contributed by atoms with van der Waals surface area (Å²) in [6, 6.07) is 7.54. The molecule has 0 amide bonds. The van der Waals surface area contributed by atoms with Gasteiger partial charge in [-0.15, -0.1) is 5.10 Å². The average molecular weight is 457 g/mol. The van der Waals surface area contributed by atoms with Gasteiger partial charge < -0.3 is 15.5 Å². The van der Waals surface area contributed by atoms with Gasteiger partial charge in [0.2, 0.25) is 5.95 Å². The van der Waals surface area contributed by atoms with Gasteiger partial charge in [0.05, 0.1) is 17.1 Å². The van der Waals surface area contributed by atoms with Crippen LogP contribution in [0.1, 0.15) is 37.7 Å². The predicted octanol–water partition coefficient (Wildman–Crippen LogP) is 5.17. The van der Waals surface area contributed by atoms with Crippen molar-refractivity contribution in [3.63, 3.8) is 0 Å². The van der Waals surface area contributed by atoms with Crippen LogP contribution in [0.25, 0.3) is 5.69 Å². The topological polar surface area (TPSA) is 58.0 Å². The number of benzene rings is 2. The highest BCUT2D eigenvalue weighted by atomic mass is 19.1. The number of aryl methyl sites for hydroxylation is 1. The van der Waals surface area contributed by atoms with Gasteiger partial charge in [0.25, 0.3) is 0 Å². The Kier molecular flexibility index (Phi) is 5.97. The molecular formula is C24H27F3N6. The minimum absolute atomic E-state index is 0.129. The largest absolute Gasteiger partial charge is 0.380 e. The maximum atomic E-state index is 15.3. The zero-order chi connectivity index (χ0) is 22.9. The van der Waals surface area contributed by atoms with Gasteiger partial charge >= 0.3 is 0 Å². The van der Waals surface area contributed by atoms with Gasteiger partial charge in [-0.05, 0) is 62.4 Å². The Hall–Kier alpha value is -3.07. The number of likely N-dealkylation sites (tertiary alicyclic amines) is 1. The van der Waals surface area contributed by atoms with Crippen molar-refractivity contribution in [2.24, 2.45) is 0 Å². The van der Waals surface area contributed by atoms with Crippen molar-refractivity contribution in [2.45, 2.75) is 51.1 Å². The van der Waals surface area contributed by atoms with Gasteiger partial charge in [0.15, 0.2) is 5.82 Å².